The second kappa shape index (κ2) is 6.80. The third kappa shape index (κ3) is 3.63. The molecule has 1 amide bonds. The largest absolute Gasteiger partial charge is 0.469 e. The molecule has 20 heavy (non-hydrogen) atoms. The average Bonchev–Trinajstić information content (AvgIpc) is 2.92. The van der Waals surface area contributed by atoms with Crippen molar-refractivity contribution in [2.75, 3.05) is 11.9 Å². The number of nitrogens with one attached hydrogen (secondary N) is 2. The van der Waals surface area contributed by atoms with Gasteiger partial charge in [-0.15, -0.1) is 0 Å². The van der Waals surface area contributed by atoms with Crippen molar-refractivity contribution in [1.82, 2.24) is 5.32 Å². The summed E-state index contributed by atoms with van der Waals surface area (Å²) < 4.78 is 5.29. The first kappa shape index (κ1) is 14.2. The molecule has 0 saturated heterocycles. The Morgan fingerprint density at radius 3 is 2.75 bits per heavy atom. The van der Waals surface area contributed by atoms with Gasteiger partial charge >= 0.3 is 0 Å². The zero-order chi connectivity index (χ0) is 14.4. The van der Waals surface area contributed by atoms with Crippen LogP contribution in [0.25, 0.3) is 0 Å². The highest BCUT2D eigenvalue weighted by Gasteiger charge is 2.14. The van der Waals surface area contributed by atoms with Gasteiger partial charge in [-0.2, -0.15) is 0 Å². The summed E-state index contributed by atoms with van der Waals surface area (Å²) in [7, 11) is 0. The minimum absolute atomic E-state index is 0.0170. The van der Waals surface area contributed by atoms with Gasteiger partial charge in [0.05, 0.1) is 11.8 Å². The molecule has 1 atom stereocenters. The van der Waals surface area contributed by atoms with E-state index in [1.807, 2.05) is 50.2 Å². The summed E-state index contributed by atoms with van der Waals surface area (Å²) in [5.74, 6) is 0.804. The number of amides is 1. The van der Waals surface area contributed by atoms with Gasteiger partial charge in [0.15, 0.2) is 0 Å². The number of carbonyl (C=O) groups is 1. The van der Waals surface area contributed by atoms with E-state index < -0.39 is 0 Å². The molecule has 0 aliphatic carbocycles. The highest BCUT2D eigenvalue weighted by Crippen LogP contribution is 2.15. The van der Waals surface area contributed by atoms with Crippen molar-refractivity contribution in [3.05, 3.63) is 54.0 Å². The zero-order valence-corrected chi connectivity index (χ0v) is 11.8. The molecule has 0 fully saturated rings. The zero-order valence-electron chi connectivity index (χ0n) is 11.8. The first-order valence-corrected chi connectivity index (χ1v) is 6.87. The molecular weight excluding hydrogens is 252 g/mol. The predicted molar refractivity (Wildman–Crippen MR) is 79.9 cm³/mol. The van der Waals surface area contributed by atoms with Crippen LogP contribution in [0.2, 0.25) is 0 Å². The SMILES string of the molecule is CCNc1ccccc1C(=O)NC(C)Cc1ccco1. The van der Waals surface area contributed by atoms with Crippen LogP contribution in [0.1, 0.15) is 30.0 Å². The number of furan rings is 1. The first-order valence-electron chi connectivity index (χ1n) is 6.87. The van der Waals surface area contributed by atoms with Gasteiger partial charge in [-0.1, -0.05) is 12.1 Å². The second-order valence-electron chi connectivity index (χ2n) is 4.73. The van der Waals surface area contributed by atoms with Crippen LogP contribution in [0.3, 0.4) is 0 Å². The second-order valence-corrected chi connectivity index (χ2v) is 4.73. The van der Waals surface area contributed by atoms with Crippen LogP contribution >= 0.6 is 0 Å². The van der Waals surface area contributed by atoms with Crippen molar-refractivity contribution in [2.45, 2.75) is 26.3 Å². The smallest absolute Gasteiger partial charge is 0.253 e. The van der Waals surface area contributed by atoms with E-state index in [1.54, 1.807) is 6.26 Å². The van der Waals surface area contributed by atoms with Crippen LogP contribution in [0, 0.1) is 0 Å². The Morgan fingerprint density at radius 2 is 2.05 bits per heavy atom. The molecule has 0 aliphatic rings. The standard InChI is InChI=1S/C16H20N2O2/c1-3-17-15-9-5-4-8-14(15)16(19)18-12(2)11-13-7-6-10-20-13/h4-10,12,17H,3,11H2,1-2H3,(H,18,19). The Labute approximate surface area is 119 Å². The van der Waals surface area contributed by atoms with Crippen LogP contribution in [0.15, 0.2) is 47.1 Å². The summed E-state index contributed by atoms with van der Waals surface area (Å²) >= 11 is 0. The number of benzene rings is 1. The Kier molecular flexibility index (Phi) is 4.82. The molecule has 2 aromatic rings. The van der Waals surface area contributed by atoms with Gasteiger partial charge in [0, 0.05) is 24.7 Å². The highest BCUT2D eigenvalue weighted by molar-refractivity contribution is 5.99. The molecule has 1 heterocycles. The summed E-state index contributed by atoms with van der Waals surface area (Å²) in [5.41, 5.74) is 1.53. The van der Waals surface area contributed by atoms with Gasteiger partial charge in [-0.05, 0) is 38.1 Å². The lowest BCUT2D eigenvalue weighted by Crippen LogP contribution is -2.34. The van der Waals surface area contributed by atoms with E-state index in [2.05, 4.69) is 10.6 Å². The van der Waals surface area contributed by atoms with Gasteiger partial charge in [-0.25, -0.2) is 0 Å². The summed E-state index contributed by atoms with van der Waals surface area (Å²) in [6, 6.07) is 11.3. The molecule has 106 valence electrons. The van der Waals surface area contributed by atoms with Crippen molar-refractivity contribution in [3.8, 4) is 0 Å². The van der Waals surface area contributed by atoms with E-state index in [0.29, 0.717) is 12.0 Å². The van der Waals surface area contributed by atoms with E-state index in [1.165, 1.54) is 0 Å². The quantitative estimate of drug-likeness (QED) is 0.849. The summed E-state index contributed by atoms with van der Waals surface area (Å²) in [5, 5.41) is 6.19. The molecule has 0 bridgehead atoms. The van der Waals surface area contributed by atoms with Crippen molar-refractivity contribution in [3.63, 3.8) is 0 Å². The minimum atomic E-state index is -0.0689. The van der Waals surface area contributed by atoms with Crippen molar-refractivity contribution in [1.29, 1.82) is 0 Å². The molecule has 0 aliphatic heterocycles. The summed E-state index contributed by atoms with van der Waals surface area (Å²) in [6.07, 6.45) is 2.33. The maximum Gasteiger partial charge on any atom is 0.253 e. The maximum atomic E-state index is 12.3. The van der Waals surface area contributed by atoms with E-state index in [0.717, 1.165) is 18.0 Å². The summed E-state index contributed by atoms with van der Waals surface area (Å²) in [6.45, 7) is 4.76. The maximum absolute atomic E-state index is 12.3. The van der Waals surface area contributed by atoms with Crippen molar-refractivity contribution >= 4 is 11.6 Å². The van der Waals surface area contributed by atoms with Crippen LogP contribution in [-0.2, 0) is 6.42 Å². The molecule has 2 N–H and O–H groups in total. The van der Waals surface area contributed by atoms with Gasteiger partial charge in [-0.3, -0.25) is 4.79 Å². The minimum Gasteiger partial charge on any atom is -0.469 e. The van der Waals surface area contributed by atoms with E-state index in [4.69, 9.17) is 4.42 Å². The fourth-order valence-corrected chi connectivity index (χ4v) is 2.11. The van der Waals surface area contributed by atoms with Crippen molar-refractivity contribution < 1.29 is 9.21 Å². The van der Waals surface area contributed by atoms with Crippen LogP contribution in [0.5, 0.6) is 0 Å². The molecular formula is C16H20N2O2. The molecule has 2 rings (SSSR count). The Balaban J connectivity index is 2.00. The van der Waals surface area contributed by atoms with Gasteiger partial charge in [0.1, 0.15) is 5.76 Å². The van der Waals surface area contributed by atoms with E-state index in [-0.39, 0.29) is 11.9 Å². The van der Waals surface area contributed by atoms with Gasteiger partial charge in [0.25, 0.3) is 5.91 Å². The van der Waals surface area contributed by atoms with E-state index in [9.17, 15) is 4.79 Å². The normalized spacial score (nSPS) is 11.9. The Hall–Kier alpha value is -2.23. The molecule has 1 aromatic carbocycles. The Bertz CT molecular complexity index is 549. The lowest BCUT2D eigenvalue weighted by Gasteiger charge is -2.15. The van der Waals surface area contributed by atoms with Gasteiger partial charge in [0.2, 0.25) is 0 Å². The summed E-state index contributed by atoms with van der Waals surface area (Å²) in [4.78, 5) is 12.3. The Morgan fingerprint density at radius 1 is 1.25 bits per heavy atom. The van der Waals surface area contributed by atoms with E-state index >= 15 is 0 Å². The third-order valence-electron chi connectivity index (χ3n) is 3.00. The number of hydrogen-bond donors (Lipinski definition) is 2. The number of anilines is 1. The number of hydrogen-bond acceptors (Lipinski definition) is 3. The topological polar surface area (TPSA) is 54.3 Å². The van der Waals surface area contributed by atoms with Crippen LogP contribution in [0.4, 0.5) is 5.69 Å². The average molecular weight is 272 g/mol. The fraction of sp³-hybridized carbons (Fsp3) is 0.312. The molecule has 0 radical (unpaired) electrons. The van der Waals surface area contributed by atoms with Crippen molar-refractivity contribution in [2.24, 2.45) is 0 Å². The molecule has 0 spiro atoms. The monoisotopic (exact) mass is 272 g/mol. The number of rotatable bonds is 6. The molecule has 4 nitrogen and oxygen atoms in total. The third-order valence-corrected chi connectivity index (χ3v) is 3.00. The fourth-order valence-electron chi connectivity index (χ4n) is 2.11. The van der Waals surface area contributed by atoms with Crippen LogP contribution < -0.4 is 10.6 Å². The highest BCUT2D eigenvalue weighted by atomic mass is 16.3. The molecule has 1 aromatic heterocycles. The molecule has 4 heteroatoms. The first-order chi connectivity index (χ1) is 9.70. The lowest BCUT2D eigenvalue weighted by atomic mass is 10.1. The van der Waals surface area contributed by atoms with Crippen LogP contribution in [-0.4, -0.2) is 18.5 Å². The lowest BCUT2D eigenvalue weighted by molar-refractivity contribution is 0.0940. The molecule has 0 saturated carbocycles. The number of para-hydroxylation sites is 1. The molecule has 1 unspecified atom stereocenters. The predicted octanol–water partition coefficient (Wildman–Crippen LogP) is 3.07. The van der Waals surface area contributed by atoms with Gasteiger partial charge < -0.3 is 15.1 Å². The number of carbonyl (C=O) groups excluding carboxylic acids is 1.